The van der Waals surface area contributed by atoms with Crippen molar-refractivity contribution >= 4 is 11.6 Å². The summed E-state index contributed by atoms with van der Waals surface area (Å²) in [5.41, 5.74) is 3.72. The second-order valence-electron chi connectivity index (χ2n) is 6.09. The number of alkyl halides is 1. The lowest BCUT2D eigenvalue weighted by Gasteiger charge is -2.33. The highest BCUT2D eigenvalue weighted by Crippen LogP contribution is 2.63. The van der Waals surface area contributed by atoms with E-state index in [1.165, 1.54) is 0 Å². The Labute approximate surface area is 119 Å². The van der Waals surface area contributed by atoms with Crippen molar-refractivity contribution in [1.82, 2.24) is 0 Å². The number of phenols is 1. The van der Waals surface area contributed by atoms with E-state index in [1.54, 1.807) is 0 Å². The number of nitrogens with two attached hydrogens (primary N) is 1. The molecule has 2 fully saturated rings. The normalized spacial score (nSPS) is 33.6. The van der Waals surface area contributed by atoms with Gasteiger partial charge in [0.15, 0.2) is 11.6 Å². The first-order chi connectivity index (χ1) is 9.28. The van der Waals surface area contributed by atoms with Crippen molar-refractivity contribution in [2.24, 2.45) is 11.1 Å². The predicted molar refractivity (Wildman–Crippen MR) is 69.3 cm³/mol. The first-order valence-electron chi connectivity index (χ1n) is 6.59. The molecule has 0 amide bonds. The lowest BCUT2D eigenvalue weighted by Crippen LogP contribution is -2.32. The minimum atomic E-state index is -1.26. The van der Waals surface area contributed by atoms with Crippen LogP contribution in [0.15, 0.2) is 6.07 Å². The fourth-order valence-electron chi connectivity index (χ4n) is 3.79. The Bertz CT molecular complexity index is 544. The third kappa shape index (κ3) is 1.83. The van der Waals surface area contributed by atoms with Crippen molar-refractivity contribution in [3.05, 3.63) is 28.3 Å². The zero-order valence-corrected chi connectivity index (χ0v) is 11.5. The van der Waals surface area contributed by atoms with E-state index in [2.05, 4.69) is 0 Å². The monoisotopic (exact) mass is 305 g/mol. The van der Waals surface area contributed by atoms with Crippen LogP contribution in [0.5, 0.6) is 5.75 Å². The average Bonchev–Trinajstić information content (AvgIpc) is 2.91. The molecule has 0 unspecified atom stereocenters. The van der Waals surface area contributed by atoms with Gasteiger partial charge in [-0.1, -0.05) is 11.6 Å². The number of hydrogen-bond acceptors (Lipinski definition) is 2. The minimum Gasteiger partial charge on any atom is -0.505 e. The van der Waals surface area contributed by atoms with Gasteiger partial charge in [0.05, 0.1) is 5.02 Å². The molecular formula is C14H15ClF3NO. The van der Waals surface area contributed by atoms with Crippen LogP contribution in [-0.2, 0) is 0 Å². The molecule has 0 aliphatic heterocycles. The Balaban J connectivity index is 2.06. The van der Waals surface area contributed by atoms with Crippen molar-refractivity contribution in [2.75, 3.05) is 0 Å². The van der Waals surface area contributed by atoms with Crippen LogP contribution in [-0.4, -0.2) is 10.8 Å². The zero-order valence-electron chi connectivity index (χ0n) is 10.7. The van der Waals surface area contributed by atoms with Crippen molar-refractivity contribution in [1.29, 1.82) is 0 Å². The molecule has 2 aliphatic carbocycles. The van der Waals surface area contributed by atoms with E-state index in [4.69, 9.17) is 17.3 Å². The van der Waals surface area contributed by atoms with Crippen LogP contribution in [0.1, 0.15) is 43.7 Å². The lowest BCUT2D eigenvalue weighted by molar-refractivity contribution is 0.175. The molecule has 0 saturated heterocycles. The third-order valence-electron chi connectivity index (χ3n) is 4.95. The number of rotatable bonds is 2. The largest absolute Gasteiger partial charge is 0.505 e. The maximum atomic E-state index is 14.2. The second-order valence-corrected chi connectivity index (χ2v) is 6.49. The van der Waals surface area contributed by atoms with Crippen molar-refractivity contribution < 1.29 is 18.3 Å². The molecule has 3 rings (SSSR count). The van der Waals surface area contributed by atoms with Crippen molar-refractivity contribution in [3.63, 3.8) is 0 Å². The fourth-order valence-corrected chi connectivity index (χ4v) is 4.00. The van der Waals surface area contributed by atoms with Crippen LogP contribution in [0.3, 0.4) is 0 Å². The number of aromatic hydroxyl groups is 1. The molecule has 3 N–H and O–H groups in total. The molecule has 2 aliphatic rings. The molecule has 2 nitrogen and oxygen atoms in total. The summed E-state index contributed by atoms with van der Waals surface area (Å²) < 4.78 is 42.4. The van der Waals surface area contributed by atoms with E-state index in [0.29, 0.717) is 25.7 Å². The molecular weight excluding hydrogens is 291 g/mol. The van der Waals surface area contributed by atoms with Gasteiger partial charge in [-0.25, -0.2) is 13.2 Å². The van der Waals surface area contributed by atoms with Gasteiger partial charge in [0.2, 0.25) is 0 Å². The second kappa shape index (κ2) is 4.28. The van der Waals surface area contributed by atoms with E-state index in [9.17, 15) is 18.3 Å². The smallest absolute Gasteiger partial charge is 0.172 e. The topological polar surface area (TPSA) is 46.2 Å². The molecule has 20 heavy (non-hydrogen) atoms. The maximum Gasteiger partial charge on any atom is 0.172 e. The molecule has 0 spiro atoms. The minimum absolute atomic E-state index is 0.216. The van der Waals surface area contributed by atoms with Gasteiger partial charge < -0.3 is 10.8 Å². The molecule has 1 atom stereocenters. The Morgan fingerprint density at radius 1 is 1.20 bits per heavy atom. The van der Waals surface area contributed by atoms with Crippen LogP contribution in [0, 0.1) is 17.0 Å². The summed E-state index contributed by atoms with van der Waals surface area (Å²) in [6, 6.07) is -0.199. The predicted octanol–water partition coefficient (Wildman–Crippen LogP) is 4.00. The van der Waals surface area contributed by atoms with Gasteiger partial charge in [0.25, 0.3) is 0 Å². The van der Waals surface area contributed by atoms with Crippen LogP contribution in [0.2, 0.25) is 5.02 Å². The first kappa shape index (κ1) is 14.0. The summed E-state index contributed by atoms with van der Waals surface area (Å²) in [5, 5.41) is 9.08. The number of fused-ring (bicyclic) bond motifs is 2. The van der Waals surface area contributed by atoms with Crippen LogP contribution >= 0.6 is 11.6 Å². The quantitative estimate of drug-likeness (QED) is 0.811. The van der Waals surface area contributed by atoms with Gasteiger partial charge in [-0.2, -0.15) is 0 Å². The van der Waals surface area contributed by atoms with Crippen molar-refractivity contribution in [3.8, 4) is 5.75 Å². The number of phenolic OH excluding ortho intramolecular Hbond substituents is 1. The summed E-state index contributed by atoms with van der Waals surface area (Å²) in [6.45, 7) is 0. The van der Waals surface area contributed by atoms with Crippen LogP contribution in [0.25, 0.3) is 0 Å². The van der Waals surface area contributed by atoms with E-state index < -0.39 is 40.1 Å². The highest BCUT2D eigenvalue weighted by atomic mass is 35.5. The Morgan fingerprint density at radius 3 is 2.30 bits per heavy atom. The lowest BCUT2D eigenvalue weighted by atomic mass is 9.74. The Kier molecular flexibility index (Phi) is 3.00. The third-order valence-corrected chi connectivity index (χ3v) is 5.23. The maximum absolute atomic E-state index is 14.2. The molecule has 110 valence electrons. The van der Waals surface area contributed by atoms with Crippen LogP contribution < -0.4 is 5.73 Å². The SMILES string of the molecule is N[C@H](c1c(F)c(O)cc(Cl)c1F)C12CCC(F)(CC1)C2. The number of halogens is 4. The molecule has 1 aromatic rings. The van der Waals surface area contributed by atoms with Gasteiger partial charge in [-0.05, 0) is 37.5 Å². The number of benzene rings is 1. The van der Waals surface area contributed by atoms with Crippen molar-refractivity contribution in [2.45, 2.75) is 43.8 Å². The molecule has 6 heteroatoms. The molecule has 0 heterocycles. The van der Waals surface area contributed by atoms with E-state index in [0.717, 1.165) is 6.07 Å². The highest BCUT2D eigenvalue weighted by molar-refractivity contribution is 6.31. The Morgan fingerprint density at radius 2 is 1.80 bits per heavy atom. The molecule has 0 radical (unpaired) electrons. The van der Waals surface area contributed by atoms with Gasteiger partial charge in [-0.15, -0.1) is 0 Å². The summed E-state index contributed by atoms with van der Waals surface area (Å²) in [5.74, 6) is -2.80. The summed E-state index contributed by atoms with van der Waals surface area (Å²) in [7, 11) is 0. The van der Waals surface area contributed by atoms with Gasteiger partial charge in [0, 0.05) is 17.7 Å². The molecule has 0 aromatic heterocycles. The van der Waals surface area contributed by atoms with E-state index in [-0.39, 0.29) is 11.4 Å². The first-order valence-corrected chi connectivity index (χ1v) is 6.97. The van der Waals surface area contributed by atoms with E-state index in [1.807, 2.05) is 0 Å². The van der Waals surface area contributed by atoms with Gasteiger partial charge in [-0.3, -0.25) is 0 Å². The summed E-state index contributed by atoms with van der Waals surface area (Å²) in [6.07, 6.45) is 1.95. The van der Waals surface area contributed by atoms with Gasteiger partial charge >= 0.3 is 0 Å². The molecule has 2 saturated carbocycles. The summed E-state index contributed by atoms with van der Waals surface area (Å²) in [4.78, 5) is 0. The molecule has 1 aromatic carbocycles. The standard InChI is InChI=1S/C14H15ClF3NO/c15-7-5-8(20)11(17)9(10(7)16)12(19)13-1-3-14(18,6-13)4-2-13/h5,12,20H,1-4,6,19H2/t12-,13?,14?/m1/s1. The fraction of sp³-hybridized carbons (Fsp3) is 0.571. The molecule has 2 bridgehead atoms. The van der Waals surface area contributed by atoms with Crippen LogP contribution in [0.4, 0.5) is 13.2 Å². The van der Waals surface area contributed by atoms with Gasteiger partial charge in [0.1, 0.15) is 11.5 Å². The Hall–Kier alpha value is -0.940. The number of hydrogen-bond donors (Lipinski definition) is 2. The average molecular weight is 306 g/mol. The highest BCUT2D eigenvalue weighted by Gasteiger charge is 2.58. The zero-order chi connectivity index (χ0) is 14.7. The van der Waals surface area contributed by atoms with E-state index >= 15 is 0 Å². The summed E-state index contributed by atoms with van der Waals surface area (Å²) >= 11 is 5.64.